The van der Waals surface area contributed by atoms with Crippen LogP contribution < -0.4 is 15.4 Å². The summed E-state index contributed by atoms with van der Waals surface area (Å²) in [5.74, 6) is 2.87. The van der Waals surface area contributed by atoms with Crippen LogP contribution in [0.3, 0.4) is 0 Å². The summed E-state index contributed by atoms with van der Waals surface area (Å²) in [7, 11) is 0. The van der Waals surface area contributed by atoms with E-state index in [9.17, 15) is 4.79 Å². The molecule has 0 heterocycles. The summed E-state index contributed by atoms with van der Waals surface area (Å²) < 4.78 is 5.56. The molecule has 1 rings (SSSR count). The predicted molar refractivity (Wildman–Crippen MR) is 80.5 cm³/mol. The van der Waals surface area contributed by atoms with Gasteiger partial charge in [-0.1, -0.05) is 30.5 Å². The Hall–Kier alpha value is -1.99. The lowest BCUT2D eigenvalue weighted by Gasteiger charge is -2.12. The largest absolute Gasteiger partial charge is 0.483 e. The van der Waals surface area contributed by atoms with E-state index in [1.54, 1.807) is 0 Å². The van der Waals surface area contributed by atoms with Crippen LogP contribution in [0.1, 0.15) is 24.5 Å². The number of carbonyl (C=O) groups excluding carboxylic acids is 1. The number of ether oxygens (including phenoxy) is 1. The van der Waals surface area contributed by atoms with Crippen LogP contribution in [0.4, 0.5) is 0 Å². The molecule has 0 saturated heterocycles. The summed E-state index contributed by atoms with van der Waals surface area (Å²) in [4.78, 5) is 11.5. The van der Waals surface area contributed by atoms with Crippen LogP contribution >= 0.6 is 0 Å². The Morgan fingerprint density at radius 1 is 1.45 bits per heavy atom. The van der Waals surface area contributed by atoms with Crippen molar-refractivity contribution in [3.63, 3.8) is 0 Å². The summed E-state index contributed by atoms with van der Waals surface area (Å²) >= 11 is 0. The second-order valence-electron chi connectivity index (χ2n) is 4.56. The van der Waals surface area contributed by atoms with Crippen LogP contribution in [0.15, 0.2) is 18.2 Å². The van der Waals surface area contributed by atoms with Gasteiger partial charge in [0, 0.05) is 12.1 Å². The quantitative estimate of drug-likeness (QED) is 0.559. The first kappa shape index (κ1) is 16.1. The molecule has 0 aromatic heterocycles. The van der Waals surface area contributed by atoms with Gasteiger partial charge in [-0.05, 0) is 26.0 Å². The van der Waals surface area contributed by atoms with E-state index in [4.69, 9.17) is 11.2 Å². The molecule has 0 aliphatic rings. The lowest BCUT2D eigenvalue weighted by molar-refractivity contribution is -0.122. The maximum atomic E-state index is 11.5. The standard InChI is InChI=1S/C16H22N2O2/c1-4-8-17-11-14-10-13(3)6-7-15(14)20-12-16(19)18-9-5-2/h2,6-7,10,17H,4,8-9,11-12H2,1,3H3,(H,18,19). The number of aryl methyl sites for hydroxylation is 1. The second kappa shape index (κ2) is 9.00. The van der Waals surface area contributed by atoms with Crippen molar-refractivity contribution in [1.82, 2.24) is 10.6 Å². The molecule has 4 heteroatoms. The molecule has 1 aromatic rings. The number of hydrogen-bond donors (Lipinski definition) is 2. The number of carbonyl (C=O) groups is 1. The van der Waals surface area contributed by atoms with Crippen molar-refractivity contribution in [2.45, 2.75) is 26.8 Å². The topological polar surface area (TPSA) is 50.4 Å². The van der Waals surface area contributed by atoms with Crippen LogP contribution in [-0.2, 0) is 11.3 Å². The van der Waals surface area contributed by atoms with Crippen LogP contribution in [0.5, 0.6) is 5.75 Å². The van der Waals surface area contributed by atoms with Gasteiger partial charge in [-0.15, -0.1) is 6.42 Å². The van der Waals surface area contributed by atoms with E-state index in [1.165, 1.54) is 5.56 Å². The summed E-state index contributed by atoms with van der Waals surface area (Å²) in [5, 5.41) is 5.90. The van der Waals surface area contributed by atoms with E-state index in [0.29, 0.717) is 0 Å². The first-order valence-electron chi connectivity index (χ1n) is 6.80. The van der Waals surface area contributed by atoms with E-state index in [0.717, 1.165) is 30.8 Å². The zero-order chi connectivity index (χ0) is 14.8. The molecule has 0 fully saturated rings. The fourth-order valence-electron chi connectivity index (χ4n) is 1.73. The molecule has 0 spiro atoms. The molecule has 0 radical (unpaired) electrons. The third kappa shape index (κ3) is 5.77. The summed E-state index contributed by atoms with van der Waals surface area (Å²) in [6.45, 7) is 6.04. The molecular formula is C16H22N2O2. The fourth-order valence-corrected chi connectivity index (χ4v) is 1.73. The minimum absolute atomic E-state index is 0.0223. The van der Waals surface area contributed by atoms with Crippen molar-refractivity contribution in [2.75, 3.05) is 19.7 Å². The minimum atomic E-state index is -0.212. The second-order valence-corrected chi connectivity index (χ2v) is 4.56. The predicted octanol–water partition coefficient (Wildman–Crippen LogP) is 1.62. The summed E-state index contributed by atoms with van der Waals surface area (Å²) in [6, 6.07) is 5.93. The lowest BCUT2D eigenvalue weighted by Crippen LogP contribution is -2.29. The van der Waals surface area contributed by atoms with Crippen LogP contribution in [0.25, 0.3) is 0 Å². The van der Waals surface area contributed by atoms with E-state index in [1.807, 2.05) is 19.1 Å². The fraction of sp³-hybridized carbons (Fsp3) is 0.438. The average molecular weight is 274 g/mol. The monoisotopic (exact) mass is 274 g/mol. The molecule has 0 aliphatic carbocycles. The summed E-state index contributed by atoms with van der Waals surface area (Å²) in [5.41, 5.74) is 2.23. The van der Waals surface area contributed by atoms with Crippen molar-refractivity contribution >= 4 is 5.91 Å². The molecule has 4 nitrogen and oxygen atoms in total. The highest BCUT2D eigenvalue weighted by Gasteiger charge is 2.06. The van der Waals surface area contributed by atoms with Crippen LogP contribution in [-0.4, -0.2) is 25.6 Å². The number of rotatable bonds is 8. The molecule has 0 saturated carbocycles. The molecule has 0 unspecified atom stereocenters. The smallest absolute Gasteiger partial charge is 0.258 e. The Kier molecular flexibility index (Phi) is 7.23. The molecule has 0 bridgehead atoms. The summed E-state index contributed by atoms with van der Waals surface area (Å²) in [6.07, 6.45) is 6.16. The first-order chi connectivity index (χ1) is 9.67. The van der Waals surface area contributed by atoms with E-state index in [-0.39, 0.29) is 19.1 Å². The Morgan fingerprint density at radius 2 is 2.25 bits per heavy atom. The highest BCUT2D eigenvalue weighted by atomic mass is 16.5. The zero-order valence-corrected chi connectivity index (χ0v) is 12.2. The average Bonchev–Trinajstić information content (AvgIpc) is 2.44. The lowest BCUT2D eigenvalue weighted by atomic mass is 10.1. The number of hydrogen-bond acceptors (Lipinski definition) is 3. The van der Waals surface area contributed by atoms with Gasteiger partial charge in [-0.2, -0.15) is 0 Å². The van der Waals surface area contributed by atoms with Gasteiger partial charge in [-0.3, -0.25) is 4.79 Å². The van der Waals surface area contributed by atoms with Gasteiger partial charge >= 0.3 is 0 Å². The number of benzene rings is 1. The van der Waals surface area contributed by atoms with Gasteiger partial charge in [0.15, 0.2) is 6.61 Å². The minimum Gasteiger partial charge on any atom is -0.483 e. The van der Waals surface area contributed by atoms with Gasteiger partial charge in [0.05, 0.1) is 6.54 Å². The number of nitrogens with one attached hydrogen (secondary N) is 2. The SMILES string of the molecule is C#CCNC(=O)COc1ccc(C)cc1CNCCC. The molecule has 1 amide bonds. The molecule has 1 aromatic carbocycles. The number of terminal acetylenes is 1. The molecule has 0 atom stereocenters. The molecule has 20 heavy (non-hydrogen) atoms. The van der Waals surface area contributed by atoms with Crippen molar-refractivity contribution in [2.24, 2.45) is 0 Å². The van der Waals surface area contributed by atoms with E-state index >= 15 is 0 Å². The highest BCUT2D eigenvalue weighted by Crippen LogP contribution is 2.19. The van der Waals surface area contributed by atoms with E-state index in [2.05, 4.69) is 29.5 Å². The Balaban J connectivity index is 2.59. The molecule has 2 N–H and O–H groups in total. The normalized spacial score (nSPS) is 9.85. The Labute approximate surface area is 120 Å². The van der Waals surface area contributed by atoms with Gasteiger partial charge < -0.3 is 15.4 Å². The molecule has 108 valence electrons. The van der Waals surface area contributed by atoms with Crippen molar-refractivity contribution in [3.8, 4) is 18.1 Å². The highest BCUT2D eigenvalue weighted by molar-refractivity contribution is 5.77. The third-order valence-corrected chi connectivity index (χ3v) is 2.70. The van der Waals surface area contributed by atoms with Crippen LogP contribution in [0, 0.1) is 19.3 Å². The van der Waals surface area contributed by atoms with Crippen molar-refractivity contribution in [1.29, 1.82) is 0 Å². The van der Waals surface area contributed by atoms with Crippen LogP contribution in [0.2, 0.25) is 0 Å². The third-order valence-electron chi connectivity index (χ3n) is 2.70. The Bertz CT molecular complexity index is 478. The number of amides is 1. The Morgan fingerprint density at radius 3 is 2.95 bits per heavy atom. The molecule has 0 aliphatic heterocycles. The first-order valence-corrected chi connectivity index (χ1v) is 6.80. The zero-order valence-electron chi connectivity index (χ0n) is 12.2. The van der Waals surface area contributed by atoms with Gasteiger partial charge in [0.2, 0.25) is 0 Å². The van der Waals surface area contributed by atoms with Gasteiger partial charge in [0.25, 0.3) is 5.91 Å². The van der Waals surface area contributed by atoms with E-state index < -0.39 is 0 Å². The van der Waals surface area contributed by atoms with Gasteiger partial charge in [0.1, 0.15) is 5.75 Å². The van der Waals surface area contributed by atoms with Crippen molar-refractivity contribution < 1.29 is 9.53 Å². The van der Waals surface area contributed by atoms with Crippen molar-refractivity contribution in [3.05, 3.63) is 29.3 Å². The van der Waals surface area contributed by atoms with Gasteiger partial charge in [-0.25, -0.2) is 0 Å². The maximum absolute atomic E-state index is 11.5. The maximum Gasteiger partial charge on any atom is 0.258 e. The molecular weight excluding hydrogens is 252 g/mol.